The van der Waals surface area contributed by atoms with E-state index in [-0.39, 0.29) is 0 Å². The molecule has 1 aromatic rings. The van der Waals surface area contributed by atoms with Crippen molar-refractivity contribution in [2.24, 2.45) is 0 Å². The van der Waals surface area contributed by atoms with Gasteiger partial charge in [-0.05, 0) is 12.1 Å². The van der Waals surface area contributed by atoms with Crippen molar-refractivity contribution in [2.75, 3.05) is 0 Å². The summed E-state index contributed by atoms with van der Waals surface area (Å²) >= 11 is 6.05. The van der Waals surface area contributed by atoms with Crippen molar-refractivity contribution in [3.63, 3.8) is 0 Å². The van der Waals surface area contributed by atoms with Crippen LogP contribution in [-0.2, 0) is 0 Å². The molecule has 0 saturated carbocycles. The molecule has 0 radical (unpaired) electrons. The smallest absolute Gasteiger partial charge is 0.0320 e. The number of benzene rings is 1. The fourth-order valence-corrected chi connectivity index (χ4v) is 1.95. The van der Waals surface area contributed by atoms with E-state index in [0.717, 1.165) is 4.90 Å². The summed E-state index contributed by atoms with van der Waals surface area (Å²) in [5.74, 6) is 0. The molecule has 3 rings (SSSR count). The molecule has 2 heterocycles. The first-order chi connectivity index (χ1) is 3.88. The van der Waals surface area contributed by atoms with Crippen LogP contribution in [0.3, 0.4) is 0 Å². The van der Waals surface area contributed by atoms with Gasteiger partial charge in [0.25, 0.3) is 0 Å². The molecule has 0 aliphatic carbocycles. The van der Waals surface area contributed by atoms with Crippen molar-refractivity contribution in [2.45, 2.75) is 14.7 Å². The average Bonchev–Trinajstić information content (AvgIpc) is 1.89. The van der Waals surface area contributed by atoms with Crippen molar-refractivity contribution in [1.82, 2.24) is 0 Å². The molecule has 2 aliphatic heterocycles. The largest absolute Gasteiger partial charge is 0.141 e. The van der Waals surface area contributed by atoms with Crippen molar-refractivity contribution in [3.8, 4) is 0 Å². The molecule has 2 aliphatic rings. The summed E-state index contributed by atoms with van der Waals surface area (Å²) in [5, 5.41) is 0. The predicted molar refractivity (Wildman–Crippen MR) is 37.8 cm³/mol. The monoisotopic (exact) mass is 140 g/mol. The van der Waals surface area contributed by atoms with Gasteiger partial charge in [-0.2, -0.15) is 0 Å². The van der Waals surface area contributed by atoms with E-state index >= 15 is 0 Å². The fourth-order valence-electron chi connectivity index (χ4n) is 0.739. The Balaban J connectivity index is 2.75. The van der Waals surface area contributed by atoms with Gasteiger partial charge in [-0.1, -0.05) is 17.8 Å². The minimum Gasteiger partial charge on any atom is -0.141 e. The lowest BCUT2D eigenvalue weighted by atomic mass is 10.3. The lowest BCUT2D eigenvalue weighted by molar-refractivity contribution is 1.06. The Kier molecular flexibility index (Phi) is 0.866. The topological polar surface area (TPSA) is 0 Å². The molecular formula is C6H4S2. The normalized spacial score (nSPS) is 13.1. The van der Waals surface area contributed by atoms with Gasteiger partial charge in [-0.15, -0.1) is 12.6 Å². The molecule has 0 spiro atoms. The Morgan fingerprint density at radius 3 is 2.12 bits per heavy atom. The minimum atomic E-state index is 1.16. The molecule has 8 heavy (non-hydrogen) atoms. The Morgan fingerprint density at radius 2 is 1.88 bits per heavy atom. The van der Waals surface area contributed by atoms with Crippen LogP contribution < -0.4 is 0 Å². The SMILES string of the molecule is Sc1c2cccc1S2. The van der Waals surface area contributed by atoms with E-state index in [1.54, 1.807) is 11.8 Å². The van der Waals surface area contributed by atoms with Gasteiger partial charge < -0.3 is 0 Å². The quantitative estimate of drug-likeness (QED) is 0.548. The van der Waals surface area contributed by atoms with Crippen LogP contribution >= 0.6 is 24.4 Å². The Bertz CT molecular complexity index is 210. The second-order valence-electron chi connectivity index (χ2n) is 1.70. The molecule has 0 unspecified atom stereocenters. The van der Waals surface area contributed by atoms with E-state index in [1.165, 1.54) is 9.79 Å². The van der Waals surface area contributed by atoms with Crippen molar-refractivity contribution < 1.29 is 0 Å². The molecule has 0 fully saturated rings. The van der Waals surface area contributed by atoms with Crippen LogP contribution in [0.1, 0.15) is 0 Å². The molecule has 2 heteroatoms. The van der Waals surface area contributed by atoms with Gasteiger partial charge in [0.1, 0.15) is 0 Å². The summed E-state index contributed by atoms with van der Waals surface area (Å²) in [6.07, 6.45) is 0. The number of thiol groups is 1. The first-order valence-electron chi connectivity index (χ1n) is 2.38. The van der Waals surface area contributed by atoms with Crippen LogP contribution in [0.5, 0.6) is 0 Å². The van der Waals surface area contributed by atoms with Crippen LogP contribution in [0.2, 0.25) is 0 Å². The van der Waals surface area contributed by atoms with E-state index in [1.807, 2.05) is 0 Å². The fraction of sp³-hybridized carbons (Fsp3) is 0. The van der Waals surface area contributed by atoms with Gasteiger partial charge in [0.05, 0.1) is 0 Å². The van der Waals surface area contributed by atoms with Crippen LogP contribution in [0.15, 0.2) is 32.9 Å². The van der Waals surface area contributed by atoms with E-state index in [0.29, 0.717) is 0 Å². The maximum Gasteiger partial charge on any atom is 0.0320 e. The Morgan fingerprint density at radius 1 is 1.25 bits per heavy atom. The van der Waals surface area contributed by atoms with Crippen molar-refractivity contribution in [3.05, 3.63) is 18.2 Å². The van der Waals surface area contributed by atoms with Gasteiger partial charge in [-0.25, -0.2) is 0 Å². The van der Waals surface area contributed by atoms with Gasteiger partial charge in [0, 0.05) is 14.7 Å². The second kappa shape index (κ2) is 1.45. The average molecular weight is 140 g/mol. The zero-order valence-electron chi connectivity index (χ0n) is 4.09. The maximum absolute atomic E-state index is 4.25. The molecule has 0 atom stereocenters. The van der Waals surface area contributed by atoms with Crippen LogP contribution in [0.25, 0.3) is 0 Å². The van der Waals surface area contributed by atoms with Gasteiger partial charge in [0.2, 0.25) is 0 Å². The van der Waals surface area contributed by atoms with Crippen LogP contribution in [0, 0.1) is 0 Å². The summed E-state index contributed by atoms with van der Waals surface area (Å²) in [4.78, 5) is 3.79. The molecule has 0 amide bonds. The highest BCUT2D eigenvalue weighted by Crippen LogP contribution is 2.46. The zero-order chi connectivity index (χ0) is 5.56. The Hall–Kier alpha value is -0.0800. The third kappa shape index (κ3) is 0.446. The highest BCUT2D eigenvalue weighted by Gasteiger charge is 2.15. The molecule has 1 aromatic carbocycles. The Labute approximate surface area is 57.7 Å². The highest BCUT2D eigenvalue weighted by atomic mass is 32.2. The summed E-state index contributed by atoms with van der Waals surface area (Å²) < 4.78 is 0. The van der Waals surface area contributed by atoms with E-state index in [2.05, 4.69) is 30.8 Å². The third-order valence-electron chi connectivity index (χ3n) is 1.18. The summed E-state index contributed by atoms with van der Waals surface area (Å²) in [6.45, 7) is 0. The maximum atomic E-state index is 4.25. The molecule has 0 N–H and O–H groups in total. The predicted octanol–water partition coefficient (Wildman–Crippen LogP) is 2.44. The number of fused-ring (bicyclic) bond motifs is 2. The van der Waals surface area contributed by atoms with Gasteiger partial charge >= 0.3 is 0 Å². The summed E-state index contributed by atoms with van der Waals surface area (Å²) in [7, 11) is 0. The third-order valence-corrected chi connectivity index (χ3v) is 3.09. The standard InChI is InChI=1S/C6H4S2/c7-6-4-2-1-3-5(6)8-4/h1-3,7H. The van der Waals surface area contributed by atoms with Gasteiger partial charge in [-0.3, -0.25) is 0 Å². The lowest BCUT2D eigenvalue weighted by Gasteiger charge is -2.16. The van der Waals surface area contributed by atoms with Gasteiger partial charge in [0.15, 0.2) is 0 Å². The first kappa shape index (κ1) is 4.77. The molecule has 0 saturated heterocycles. The number of hydrogen-bond acceptors (Lipinski definition) is 2. The first-order valence-corrected chi connectivity index (χ1v) is 3.64. The van der Waals surface area contributed by atoms with E-state index in [9.17, 15) is 0 Å². The minimum absolute atomic E-state index is 1.16. The molecule has 40 valence electrons. The molecule has 2 bridgehead atoms. The summed E-state index contributed by atoms with van der Waals surface area (Å²) in [6, 6.07) is 6.22. The van der Waals surface area contributed by atoms with E-state index < -0.39 is 0 Å². The lowest BCUT2D eigenvalue weighted by Crippen LogP contribution is -1.88. The van der Waals surface area contributed by atoms with Crippen LogP contribution in [0.4, 0.5) is 0 Å². The summed E-state index contributed by atoms with van der Waals surface area (Å²) in [5.41, 5.74) is 0. The van der Waals surface area contributed by atoms with E-state index in [4.69, 9.17) is 0 Å². The second-order valence-corrected chi connectivity index (χ2v) is 3.24. The molecular weight excluding hydrogens is 136 g/mol. The molecule has 0 aromatic heterocycles. The zero-order valence-corrected chi connectivity index (χ0v) is 5.80. The number of hydrogen-bond donors (Lipinski definition) is 1. The highest BCUT2D eigenvalue weighted by molar-refractivity contribution is 8.01. The van der Waals surface area contributed by atoms with Crippen molar-refractivity contribution in [1.29, 1.82) is 0 Å². The number of rotatable bonds is 0. The molecule has 0 nitrogen and oxygen atoms in total. The van der Waals surface area contributed by atoms with Crippen molar-refractivity contribution >= 4 is 24.4 Å². The van der Waals surface area contributed by atoms with Crippen LogP contribution in [-0.4, -0.2) is 0 Å².